The van der Waals surface area contributed by atoms with Crippen LogP contribution in [0.2, 0.25) is 0 Å². The summed E-state index contributed by atoms with van der Waals surface area (Å²) in [4.78, 5) is 9.85. The van der Waals surface area contributed by atoms with Gasteiger partial charge in [0.1, 0.15) is 5.52 Å². The maximum atomic E-state index is 6.01. The number of aromatic nitrogens is 1. The number of aryl methyl sites for hydroxylation is 1. The van der Waals surface area contributed by atoms with Crippen LogP contribution in [0.5, 0.6) is 0 Å². The number of oxazole rings is 1. The monoisotopic (exact) mass is 299 g/mol. The molecule has 2 aromatic rings. The van der Waals surface area contributed by atoms with Crippen molar-refractivity contribution in [3.63, 3.8) is 0 Å². The number of hydrogen-bond donors (Lipinski definition) is 0. The first kappa shape index (κ1) is 14.2. The van der Waals surface area contributed by atoms with Crippen LogP contribution >= 0.6 is 0 Å². The molecule has 0 aliphatic carbocycles. The lowest BCUT2D eigenvalue weighted by atomic mass is 10.0. The highest BCUT2D eigenvalue weighted by atomic mass is 16.3. The van der Waals surface area contributed by atoms with Gasteiger partial charge >= 0.3 is 0 Å². The standard InChI is InChI=1S/C18H25N3O/c1-13-3-4-17-16(11-13)19-18(22-17)14-5-10-21(12-14)15-6-8-20(2)9-7-15/h3-4,11,14-15H,5-10,12H2,1-2H3/t14-/m1/s1. The molecule has 0 saturated carbocycles. The molecule has 0 bridgehead atoms. The summed E-state index contributed by atoms with van der Waals surface area (Å²) in [6.07, 6.45) is 3.78. The molecule has 0 spiro atoms. The number of hydrogen-bond acceptors (Lipinski definition) is 4. The average Bonchev–Trinajstić information content (AvgIpc) is 3.13. The first-order chi connectivity index (χ1) is 10.7. The van der Waals surface area contributed by atoms with Gasteiger partial charge in [0, 0.05) is 18.5 Å². The predicted octanol–water partition coefficient (Wildman–Crippen LogP) is 3.02. The third-order valence-electron chi connectivity index (χ3n) is 5.33. The minimum Gasteiger partial charge on any atom is -0.440 e. The fourth-order valence-electron chi connectivity index (χ4n) is 3.91. The lowest BCUT2D eigenvalue weighted by Gasteiger charge is -2.35. The second-order valence-corrected chi connectivity index (χ2v) is 7.04. The summed E-state index contributed by atoms with van der Waals surface area (Å²) in [5.41, 5.74) is 3.18. The minimum atomic E-state index is 0.465. The average molecular weight is 299 g/mol. The Kier molecular flexibility index (Phi) is 3.66. The van der Waals surface area contributed by atoms with E-state index in [1.165, 1.54) is 44.5 Å². The Hall–Kier alpha value is -1.39. The van der Waals surface area contributed by atoms with Crippen LogP contribution in [0.3, 0.4) is 0 Å². The van der Waals surface area contributed by atoms with Crippen molar-refractivity contribution in [2.75, 3.05) is 33.2 Å². The number of likely N-dealkylation sites (tertiary alicyclic amines) is 2. The van der Waals surface area contributed by atoms with Crippen molar-refractivity contribution in [3.05, 3.63) is 29.7 Å². The first-order valence-corrected chi connectivity index (χ1v) is 8.49. The van der Waals surface area contributed by atoms with Crippen LogP contribution in [0, 0.1) is 6.92 Å². The third kappa shape index (κ3) is 2.66. The molecule has 4 nitrogen and oxygen atoms in total. The van der Waals surface area contributed by atoms with Gasteiger partial charge < -0.3 is 9.32 Å². The van der Waals surface area contributed by atoms with Crippen LogP contribution in [-0.4, -0.2) is 54.1 Å². The molecule has 22 heavy (non-hydrogen) atoms. The molecule has 2 fully saturated rings. The molecule has 1 atom stereocenters. The van der Waals surface area contributed by atoms with Gasteiger partial charge in [-0.1, -0.05) is 6.07 Å². The zero-order valence-electron chi connectivity index (χ0n) is 13.6. The van der Waals surface area contributed by atoms with E-state index in [9.17, 15) is 0 Å². The highest BCUT2D eigenvalue weighted by Crippen LogP contribution is 2.32. The van der Waals surface area contributed by atoms with Crippen molar-refractivity contribution < 1.29 is 4.42 Å². The van der Waals surface area contributed by atoms with Gasteiger partial charge in [-0.05, 0) is 70.6 Å². The molecule has 0 unspecified atom stereocenters. The van der Waals surface area contributed by atoms with Gasteiger partial charge in [-0.3, -0.25) is 4.90 Å². The van der Waals surface area contributed by atoms with E-state index in [4.69, 9.17) is 9.40 Å². The summed E-state index contributed by atoms with van der Waals surface area (Å²) >= 11 is 0. The van der Waals surface area contributed by atoms with Crippen LogP contribution in [0.25, 0.3) is 11.1 Å². The maximum Gasteiger partial charge on any atom is 0.199 e. The number of piperidine rings is 1. The van der Waals surface area contributed by atoms with E-state index in [1.807, 2.05) is 6.07 Å². The molecule has 0 N–H and O–H groups in total. The highest BCUT2D eigenvalue weighted by molar-refractivity contribution is 5.73. The zero-order valence-corrected chi connectivity index (χ0v) is 13.6. The Bertz CT molecular complexity index is 657. The third-order valence-corrected chi connectivity index (χ3v) is 5.33. The lowest BCUT2D eigenvalue weighted by molar-refractivity contribution is 0.141. The van der Waals surface area contributed by atoms with Crippen molar-refractivity contribution in [1.82, 2.24) is 14.8 Å². The van der Waals surface area contributed by atoms with Crippen molar-refractivity contribution in [2.45, 2.75) is 38.1 Å². The smallest absolute Gasteiger partial charge is 0.199 e. The maximum absolute atomic E-state index is 6.01. The van der Waals surface area contributed by atoms with Crippen molar-refractivity contribution >= 4 is 11.1 Å². The molecule has 0 radical (unpaired) electrons. The van der Waals surface area contributed by atoms with Gasteiger partial charge in [-0.25, -0.2) is 4.98 Å². The van der Waals surface area contributed by atoms with Gasteiger partial charge in [0.25, 0.3) is 0 Å². The van der Waals surface area contributed by atoms with Gasteiger partial charge in [-0.15, -0.1) is 0 Å². The van der Waals surface area contributed by atoms with E-state index < -0.39 is 0 Å². The summed E-state index contributed by atoms with van der Waals surface area (Å²) in [6.45, 7) is 6.87. The van der Waals surface area contributed by atoms with Crippen LogP contribution in [0.4, 0.5) is 0 Å². The van der Waals surface area contributed by atoms with Crippen LogP contribution in [-0.2, 0) is 0 Å². The number of rotatable bonds is 2. The molecule has 2 saturated heterocycles. The zero-order chi connectivity index (χ0) is 15.1. The SMILES string of the molecule is Cc1ccc2oc([C@@H]3CCN(C4CCN(C)CC4)C3)nc2c1. The number of nitrogens with zero attached hydrogens (tertiary/aromatic N) is 3. The Morgan fingerprint density at radius 3 is 2.77 bits per heavy atom. The molecule has 2 aliphatic heterocycles. The Morgan fingerprint density at radius 2 is 1.95 bits per heavy atom. The van der Waals surface area contributed by atoms with E-state index in [0.717, 1.165) is 29.6 Å². The normalized spacial score (nSPS) is 25.3. The van der Waals surface area contributed by atoms with E-state index >= 15 is 0 Å². The van der Waals surface area contributed by atoms with Gasteiger partial charge in [-0.2, -0.15) is 0 Å². The number of benzene rings is 1. The summed E-state index contributed by atoms with van der Waals surface area (Å²) in [5.74, 6) is 1.41. The summed E-state index contributed by atoms with van der Waals surface area (Å²) in [6, 6.07) is 7.01. The van der Waals surface area contributed by atoms with Crippen molar-refractivity contribution in [2.24, 2.45) is 0 Å². The lowest BCUT2D eigenvalue weighted by Crippen LogP contribution is -2.42. The Labute approximate surface area is 132 Å². The topological polar surface area (TPSA) is 32.5 Å². The van der Waals surface area contributed by atoms with Crippen molar-refractivity contribution in [3.8, 4) is 0 Å². The van der Waals surface area contributed by atoms with Crippen LogP contribution in [0.1, 0.15) is 36.6 Å². The molecule has 4 heteroatoms. The summed E-state index contributed by atoms with van der Waals surface area (Å²) < 4.78 is 6.01. The first-order valence-electron chi connectivity index (χ1n) is 8.49. The molecule has 118 valence electrons. The van der Waals surface area contributed by atoms with E-state index in [-0.39, 0.29) is 0 Å². The Morgan fingerprint density at radius 1 is 1.14 bits per heavy atom. The van der Waals surface area contributed by atoms with E-state index in [1.54, 1.807) is 0 Å². The van der Waals surface area contributed by atoms with E-state index in [0.29, 0.717) is 5.92 Å². The van der Waals surface area contributed by atoms with E-state index in [2.05, 4.69) is 35.9 Å². The number of fused-ring (bicyclic) bond motifs is 1. The minimum absolute atomic E-state index is 0.465. The molecule has 1 aromatic heterocycles. The largest absolute Gasteiger partial charge is 0.440 e. The highest BCUT2D eigenvalue weighted by Gasteiger charge is 2.33. The second kappa shape index (κ2) is 5.67. The Balaban J connectivity index is 1.47. The van der Waals surface area contributed by atoms with Gasteiger partial charge in [0.15, 0.2) is 11.5 Å². The van der Waals surface area contributed by atoms with Crippen molar-refractivity contribution in [1.29, 1.82) is 0 Å². The predicted molar refractivity (Wildman–Crippen MR) is 88.2 cm³/mol. The second-order valence-electron chi connectivity index (χ2n) is 7.04. The molecule has 4 rings (SSSR count). The van der Waals surface area contributed by atoms with Gasteiger partial charge in [0.2, 0.25) is 0 Å². The molecular formula is C18H25N3O. The summed E-state index contributed by atoms with van der Waals surface area (Å²) in [5, 5.41) is 0. The quantitative estimate of drug-likeness (QED) is 0.853. The molecular weight excluding hydrogens is 274 g/mol. The molecule has 2 aliphatic rings. The van der Waals surface area contributed by atoms with Crippen LogP contribution in [0.15, 0.2) is 22.6 Å². The summed E-state index contributed by atoms with van der Waals surface area (Å²) in [7, 11) is 2.23. The van der Waals surface area contributed by atoms with Gasteiger partial charge in [0.05, 0.1) is 0 Å². The molecule has 0 amide bonds. The molecule has 1 aromatic carbocycles. The van der Waals surface area contributed by atoms with Crippen LogP contribution < -0.4 is 0 Å². The fourth-order valence-corrected chi connectivity index (χ4v) is 3.91. The molecule has 3 heterocycles. The fraction of sp³-hybridized carbons (Fsp3) is 0.611.